The normalized spacial score (nSPS) is 13.0. The van der Waals surface area contributed by atoms with E-state index < -0.39 is 18.0 Å². The minimum atomic E-state index is -0.705. The van der Waals surface area contributed by atoms with Crippen molar-refractivity contribution in [2.45, 2.75) is 26.3 Å². The SMILES string of the molecule is CC[C@@H](C)[C@@H](NC(=O)Nc1ccc(OC)c(Cl)c1)C(=O)OC. The maximum Gasteiger partial charge on any atom is 0.328 e. The van der Waals surface area contributed by atoms with Crippen molar-refractivity contribution in [3.63, 3.8) is 0 Å². The highest BCUT2D eigenvalue weighted by molar-refractivity contribution is 6.32. The number of methoxy groups -OCH3 is 2. The summed E-state index contributed by atoms with van der Waals surface area (Å²) in [5.41, 5.74) is 0.496. The summed E-state index contributed by atoms with van der Waals surface area (Å²) in [5.74, 6) is -0.00501. The van der Waals surface area contributed by atoms with Crippen molar-refractivity contribution in [2.75, 3.05) is 19.5 Å². The highest BCUT2D eigenvalue weighted by Crippen LogP contribution is 2.27. The number of rotatable bonds is 6. The second-order valence-electron chi connectivity index (χ2n) is 4.83. The Labute approximate surface area is 135 Å². The number of urea groups is 1. The van der Waals surface area contributed by atoms with Gasteiger partial charge in [0.25, 0.3) is 0 Å². The summed E-state index contributed by atoms with van der Waals surface area (Å²) in [7, 11) is 2.80. The quantitative estimate of drug-likeness (QED) is 0.787. The van der Waals surface area contributed by atoms with Gasteiger partial charge in [0.1, 0.15) is 11.8 Å². The molecule has 1 aromatic carbocycles. The summed E-state index contributed by atoms with van der Waals surface area (Å²) in [6, 6.07) is 3.65. The van der Waals surface area contributed by atoms with Crippen LogP contribution in [0.4, 0.5) is 10.5 Å². The summed E-state index contributed by atoms with van der Waals surface area (Å²) in [6.07, 6.45) is 0.731. The molecule has 2 amide bonds. The van der Waals surface area contributed by atoms with E-state index in [-0.39, 0.29) is 5.92 Å². The molecule has 0 aliphatic carbocycles. The zero-order chi connectivity index (χ0) is 16.7. The van der Waals surface area contributed by atoms with Crippen LogP contribution in [0.1, 0.15) is 20.3 Å². The average Bonchev–Trinajstić information content (AvgIpc) is 2.51. The number of nitrogens with one attached hydrogen (secondary N) is 2. The van der Waals surface area contributed by atoms with E-state index in [1.165, 1.54) is 14.2 Å². The van der Waals surface area contributed by atoms with E-state index in [1.54, 1.807) is 18.2 Å². The Morgan fingerprint density at radius 1 is 1.32 bits per heavy atom. The minimum absolute atomic E-state index is 0.0438. The fourth-order valence-electron chi connectivity index (χ4n) is 1.85. The molecule has 0 bridgehead atoms. The lowest BCUT2D eigenvalue weighted by Crippen LogP contribution is -2.47. The molecule has 2 atom stereocenters. The fourth-order valence-corrected chi connectivity index (χ4v) is 2.11. The molecule has 0 heterocycles. The number of esters is 1. The summed E-state index contributed by atoms with van der Waals surface area (Å²) in [5, 5.41) is 5.62. The summed E-state index contributed by atoms with van der Waals surface area (Å²) < 4.78 is 9.76. The highest BCUT2D eigenvalue weighted by Gasteiger charge is 2.26. The molecule has 22 heavy (non-hydrogen) atoms. The van der Waals surface area contributed by atoms with Crippen LogP contribution in [-0.2, 0) is 9.53 Å². The number of amides is 2. The molecule has 0 aliphatic heterocycles. The minimum Gasteiger partial charge on any atom is -0.495 e. The van der Waals surface area contributed by atoms with Crippen molar-refractivity contribution in [3.05, 3.63) is 23.2 Å². The number of carbonyl (C=O) groups excluding carboxylic acids is 2. The first-order valence-corrected chi connectivity index (χ1v) is 7.29. The monoisotopic (exact) mass is 328 g/mol. The van der Waals surface area contributed by atoms with Crippen LogP contribution in [0.3, 0.4) is 0 Å². The van der Waals surface area contributed by atoms with Gasteiger partial charge in [0.2, 0.25) is 0 Å². The van der Waals surface area contributed by atoms with E-state index >= 15 is 0 Å². The van der Waals surface area contributed by atoms with Crippen molar-refractivity contribution in [1.29, 1.82) is 0 Å². The first-order valence-electron chi connectivity index (χ1n) is 6.91. The lowest BCUT2D eigenvalue weighted by atomic mass is 9.99. The topological polar surface area (TPSA) is 76.7 Å². The van der Waals surface area contributed by atoms with Gasteiger partial charge in [-0.15, -0.1) is 0 Å². The van der Waals surface area contributed by atoms with E-state index in [2.05, 4.69) is 10.6 Å². The smallest absolute Gasteiger partial charge is 0.328 e. The predicted octanol–water partition coefficient (Wildman–Crippen LogP) is 3.06. The van der Waals surface area contributed by atoms with Gasteiger partial charge in [0.05, 0.1) is 19.2 Å². The lowest BCUT2D eigenvalue weighted by molar-refractivity contribution is -0.144. The van der Waals surface area contributed by atoms with E-state index in [9.17, 15) is 9.59 Å². The van der Waals surface area contributed by atoms with Gasteiger partial charge in [-0.25, -0.2) is 9.59 Å². The molecule has 0 spiro atoms. The van der Waals surface area contributed by atoms with Crippen LogP contribution in [-0.4, -0.2) is 32.3 Å². The predicted molar refractivity (Wildman–Crippen MR) is 85.4 cm³/mol. The molecule has 0 radical (unpaired) electrons. The van der Waals surface area contributed by atoms with E-state index in [1.807, 2.05) is 13.8 Å². The molecule has 1 rings (SSSR count). The molecule has 0 fully saturated rings. The average molecular weight is 329 g/mol. The molecule has 2 N–H and O–H groups in total. The van der Waals surface area contributed by atoms with Gasteiger partial charge in [0.15, 0.2) is 0 Å². The molecular weight excluding hydrogens is 308 g/mol. The second kappa shape index (κ2) is 8.48. The molecule has 122 valence electrons. The Bertz CT molecular complexity index is 536. The second-order valence-corrected chi connectivity index (χ2v) is 5.24. The van der Waals surface area contributed by atoms with Crippen LogP contribution >= 0.6 is 11.6 Å². The van der Waals surface area contributed by atoms with Crippen molar-refractivity contribution >= 4 is 29.3 Å². The Kier molecular flexibility index (Phi) is 6.98. The molecule has 0 saturated heterocycles. The van der Waals surface area contributed by atoms with Crippen molar-refractivity contribution in [1.82, 2.24) is 5.32 Å². The van der Waals surface area contributed by atoms with Gasteiger partial charge in [0, 0.05) is 5.69 Å². The molecular formula is C15H21ClN2O4. The van der Waals surface area contributed by atoms with Crippen molar-refractivity contribution in [3.8, 4) is 5.75 Å². The third-order valence-corrected chi connectivity index (χ3v) is 3.66. The van der Waals surface area contributed by atoms with Gasteiger partial charge in [-0.2, -0.15) is 0 Å². The third-order valence-electron chi connectivity index (χ3n) is 3.36. The first kappa shape index (κ1) is 18.1. The molecule has 7 heteroatoms. The number of ether oxygens (including phenoxy) is 2. The zero-order valence-corrected chi connectivity index (χ0v) is 13.9. The standard InChI is InChI=1S/C15H21ClN2O4/c1-5-9(2)13(14(19)22-4)18-15(20)17-10-6-7-12(21-3)11(16)8-10/h6-9,13H,5H2,1-4H3,(H2,17,18,20)/t9-,13-/m1/s1. The number of halogens is 1. The largest absolute Gasteiger partial charge is 0.495 e. The fraction of sp³-hybridized carbons (Fsp3) is 0.467. The molecule has 6 nitrogen and oxygen atoms in total. The number of anilines is 1. The lowest BCUT2D eigenvalue weighted by Gasteiger charge is -2.22. The number of hydrogen-bond acceptors (Lipinski definition) is 4. The van der Waals surface area contributed by atoms with Gasteiger partial charge in [-0.3, -0.25) is 0 Å². The Hall–Kier alpha value is -1.95. The van der Waals surface area contributed by atoms with Gasteiger partial charge >= 0.3 is 12.0 Å². The van der Waals surface area contributed by atoms with Crippen LogP contribution in [0.15, 0.2) is 18.2 Å². The van der Waals surface area contributed by atoms with Crippen molar-refractivity contribution < 1.29 is 19.1 Å². The van der Waals surface area contributed by atoms with Crippen LogP contribution in [0.25, 0.3) is 0 Å². The van der Waals surface area contributed by atoms with Crippen LogP contribution < -0.4 is 15.4 Å². The Morgan fingerprint density at radius 2 is 2.00 bits per heavy atom. The van der Waals surface area contributed by atoms with Crippen LogP contribution in [0, 0.1) is 5.92 Å². The van der Waals surface area contributed by atoms with E-state index in [4.69, 9.17) is 21.1 Å². The van der Waals surface area contributed by atoms with Crippen LogP contribution in [0.5, 0.6) is 5.75 Å². The third kappa shape index (κ3) is 4.80. The summed E-state index contributed by atoms with van der Waals surface area (Å²) >= 11 is 5.99. The molecule has 1 aromatic rings. The van der Waals surface area contributed by atoms with Gasteiger partial charge in [-0.05, 0) is 24.1 Å². The number of benzene rings is 1. The summed E-state index contributed by atoms with van der Waals surface area (Å²) in [4.78, 5) is 23.8. The number of carbonyl (C=O) groups is 2. The van der Waals surface area contributed by atoms with Gasteiger partial charge in [-0.1, -0.05) is 31.9 Å². The maximum absolute atomic E-state index is 12.0. The molecule has 0 unspecified atom stereocenters. The van der Waals surface area contributed by atoms with E-state index in [0.29, 0.717) is 16.5 Å². The first-order chi connectivity index (χ1) is 10.4. The zero-order valence-electron chi connectivity index (χ0n) is 13.1. The Balaban J connectivity index is 2.75. The van der Waals surface area contributed by atoms with Crippen molar-refractivity contribution in [2.24, 2.45) is 5.92 Å². The maximum atomic E-state index is 12.0. The molecule has 0 aromatic heterocycles. The van der Waals surface area contributed by atoms with Crippen LogP contribution in [0.2, 0.25) is 5.02 Å². The van der Waals surface area contributed by atoms with E-state index in [0.717, 1.165) is 6.42 Å². The summed E-state index contributed by atoms with van der Waals surface area (Å²) in [6.45, 7) is 3.80. The molecule has 0 saturated carbocycles. The Morgan fingerprint density at radius 3 is 2.50 bits per heavy atom. The van der Waals surface area contributed by atoms with Gasteiger partial charge < -0.3 is 20.1 Å². The molecule has 0 aliphatic rings. The highest BCUT2D eigenvalue weighted by atomic mass is 35.5. The number of hydrogen-bond donors (Lipinski definition) is 2.